The van der Waals surface area contributed by atoms with Crippen molar-refractivity contribution >= 4 is 21.8 Å². The zero-order valence-corrected chi connectivity index (χ0v) is 11.4. The molecule has 1 aliphatic heterocycles. The SMILES string of the molecule is [2H]C1CC(=O)N(C)C2CCc3cc(Br)ccc3C12. The second kappa shape index (κ2) is 4.13. The number of hydrogen-bond donors (Lipinski definition) is 0. The maximum atomic E-state index is 11.8. The highest BCUT2D eigenvalue weighted by Gasteiger charge is 2.37. The quantitative estimate of drug-likeness (QED) is 0.720. The summed E-state index contributed by atoms with van der Waals surface area (Å²) in [6.07, 6.45) is 2.04. The third-order valence-electron chi connectivity index (χ3n) is 4.03. The molecule has 1 fully saturated rings. The summed E-state index contributed by atoms with van der Waals surface area (Å²) in [5, 5.41) is 0. The van der Waals surface area contributed by atoms with Gasteiger partial charge >= 0.3 is 0 Å². The summed E-state index contributed by atoms with van der Waals surface area (Å²) >= 11 is 3.50. The van der Waals surface area contributed by atoms with Crippen LogP contribution < -0.4 is 0 Å². The first kappa shape index (κ1) is 10.1. The molecular weight excluding hydrogens is 278 g/mol. The van der Waals surface area contributed by atoms with Crippen LogP contribution in [0.25, 0.3) is 0 Å². The molecule has 1 aromatic rings. The number of amides is 1. The van der Waals surface area contributed by atoms with Gasteiger partial charge in [0.25, 0.3) is 0 Å². The van der Waals surface area contributed by atoms with Crippen LogP contribution in [0.15, 0.2) is 22.7 Å². The fourth-order valence-electron chi connectivity index (χ4n) is 3.08. The predicted molar refractivity (Wildman–Crippen MR) is 71.0 cm³/mol. The van der Waals surface area contributed by atoms with Crippen LogP contribution in [0.4, 0.5) is 0 Å². The molecule has 0 saturated carbocycles. The first-order valence-electron chi connectivity index (χ1n) is 6.62. The van der Waals surface area contributed by atoms with Crippen molar-refractivity contribution in [2.45, 2.75) is 37.6 Å². The van der Waals surface area contributed by atoms with Gasteiger partial charge in [-0.2, -0.15) is 0 Å². The van der Waals surface area contributed by atoms with E-state index in [1.807, 2.05) is 18.0 Å². The van der Waals surface area contributed by atoms with Gasteiger partial charge in [-0.25, -0.2) is 0 Å². The van der Waals surface area contributed by atoms with Gasteiger partial charge in [-0.3, -0.25) is 4.79 Å². The molecule has 2 aliphatic rings. The van der Waals surface area contributed by atoms with Crippen molar-refractivity contribution in [3.05, 3.63) is 33.8 Å². The zero-order chi connectivity index (χ0) is 12.9. The van der Waals surface area contributed by atoms with Crippen LogP contribution in [-0.2, 0) is 11.2 Å². The highest BCUT2D eigenvalue weighted by Crippen LogP contribution is 2.41. The van der Waals surface area contributed by atoms with Gasteiger partial charge in [-0.1, -0.05) is 22.0 Å². The van der Waals surface area contributed by atoms with Crippen molar-refractivity contribution < 1.29 is 6.17 Å². The van der Waals surface area contributed by atoms with E-state index < -0.39 is 0 Å². The minimum absolute atomic E-state index is 0.122. The number of hydrogen-bond acceptors (Lipinski definition) is 1. The van der Waals surface area contributed by atoms with Gasteiger partial charge in [0, 0.05) is 31.3 Å². The van der Waals surface area contributed by atoms with E-state index in [-0.39, 0.29) is 24.3 Å². The summed E-state index contributed by atoms with van der Waals surface area (Å²) in [6.45, 7) is 0. The molecule has 3 rings (SSSR count). The highest BCUT2D eigenvalue weighted by atomic mass is 79.9. The normalized spacial score (nSPS) is 32.8. The van der Waals surface area contributed by atoms with E-state index in [0.29, 0.717) is 6.42 Å². The Morgan fingerprint density at radius 2 is 2.29 bits per heavy atom. The fraction of sp³-hybridized carbons (Fsp3) is 0.500. The molecule has 0 spiro atoms. The van der Waals surface area contributed by atoms with Crippen molar-refractivity contribution in [3.63, 3.8) is 0 Å². The Morgan fingerprint density at radius 1 is 1.47 bits per heavy atom. The Morgan fingerprint density at radius 3 is 3.12 bits per heavy atom. The lowest BCUT2D eigenvalue weighted by Crippen LogP contribution is -2.47. The van der Waals surface area contributed by atoms with Gasteiger partial charge in [-0.15, -0.1) is 0 Å². The number of benzene rings is 1. The van der Waals surface area contributed by atoms with E-state index in [9.17, 15) is 4.79 Å². The van der Waals surface area contributed by atoms with Gasteiger partial charge in [0.15, 0.2) is 0 Å². The van der Waals surface area contributed by atoms with Gasteiger partial charge in [0.1, 0.15) is 0 Å². The minimum atomic E-state index is -0.293. The number of likely N-dealkylation sites (tertiary alicyclic amines) is 1. The first-order valence-corrected chi connectivity index (χ1v) is 6.83. The Labute approximate surface area is 112 Å². The van der Waals surface area contributed by atoms with Crippen molar-refractivity contribution in [2.75, 3.05) is 7.05 Å². The molecule has 0 N–H and O–H groups in total. The van der Waals surface area contributed by atoms with Gasteiger partial charge in [-0.05, 0) is 42.5 Å². The lowest BCUT2D eigenvalue weighted by Gasteiger charge is -2.43. The number of fused-ring (bicyclic) bond motifs is 3. The fourth-order valence-corrected chi connectivity index (χ4v) is 3.49. The molecule has 17 heavy (non-hydrogen) atoms. The smallest absolute Gasteiger partial charge is 0.222 e. The molecular formula is C14H16BrNO. The lowest BCUT2D eigenvalue weighted by molar-refractivity contribution is -0.135. The minimum Gasteiger partial charge on any atom is -0.342 e. The lowest BCUT2D eigenvalue weighted by atomic mass is 9.74. The number of likely N-dealkylation sites (N-methyl/N-ethyl adjacent to an activating group) is 1. The van der Waals surface area contributed by atoms with E-state index in [0.717, 1.165) is 17.3 Å². The molecule has 3 unspecified atom stereocenters. The number of carbonyl (C=O) groups is 1. The topological polar surface area (TPSA) is 20.3 Å². The third-order valence-corrected chi connectivity index (χ3v) is 4.52. The monoisotopic (exact) mass is 294 g/mol. The number of piperidine rings is 1. The predicted octanol–water partition coefficient (Wildman–Crippen LogP) is 3.10. The number of aryl methyl sites for hydroxylation is 1. The van der Waals surface area contributed by atoms with Crippen molar-refractivity contribution in [3.8, 4) is 0 Å². The van der Waals surface area contributed by atoms with Crippen LogP contribution in [0.3, 0.4) is 0 Å². The van der Waals surface area contributed by atoms with E-state index >= 15 is 0 Å². The van der Waals surface area contributed by atoms with Crippen LogP contribution in [0.2, 0.25) is 0 Å². The van der Waals surface area contributed by atoms with Crippen molar-refractivity contribution in [1.29, 1.82) is 0 Å². The third kappa shape index (κ3) is 1.81. The zero-order valence-electron chi connectivity index (χ0n) is 10.8. The molecule has 1 heterocycles. The molecule has 2 nitrogen and oxygen atoms in total. The van der Waals surface area contributed by atoms with Gasteiger partial charge in [0.2, 0.25) is 5.91 Å². The number of rotatable bonds is 0. The molecule has 1 saturated heterocycles. The molecule has 1 aliphatic carbocycles. The number of nitrogens with zero attached hydrogens (tertiary/aromatic N) is 1. The van der Waals surface area contributed by atoms with E-state index in [1.54, 1.807) is 0 Å². The van der Waals surface area contributed by atoms with E-state index in [4.69, 9.17) is 1.37 Å². The van der Waals surface area contributed by atoms with Crippen LogP contribution in [-0.4, -0.2) is 23.9 Å². The van der Waals surface area contributed by atoms with Gasteiger partial charge < -0.3 is 4.90 Å². The summed E-state index contributed by atoms with van der Waals surface area (Å²) < 4.78 is 9.34. The van der Waals surface area contributed by atoms with Crippen LogP contribution in [0.1, 0.15) is 37.7 Å². The van der Waals surface area contributed by atoms with Crippen LogP contribution >= 0.6 is 15.9 Å². The van der Waals surface area contributed by atoms with E-state index in [2.05, 4.69) is 28.1 Å². The summed E-state index contributed by atoms with van der Waals surface area (Å²) in [6, 6.07) is 6.54. The maximum absolute atomic E-state index is 11.8. The van der Waals surface area contributed by atoms with Crippen molar-refractivity contribution in [2.24, 2.45) is 0 Å². The van der Waals surface area contributed by atoms with E-state index in [1.165, 1.54) is 11.1 Å². The maximum Gasteiger partial charge on any atom is 0.222 e. The molecule has 1 amide bonds. The van der Waals surface area contributed by atoms with Crippen LogP contribution in [0, 0.1) is 0 Å². The second-order valence-corrected chi connectivity index (χ2v) is 5.84. The summed E-state index contributed by atoms with van der Waals surface area (Å²) in [5.74, 6) is 0.307. The van der Waals surface area contributed by atoms with Crippen molar-refractivity contribution in [1.82, 2.24) is 4.90 Å². The average Bonchev–Trinajstić information content (AvgIpc) is 2.34. The molecule has 3 atom stereocenters. The average molecular weight is 295 g/mol. The van der Waals surface area contributed by atoms with Gasteiger partial charge in [0.05, 0.1) is 0 Å². The number of carbonyl (C=O) groups excluding carboxylic acids is 1. The summed E-state index contributed by atoms with van der Waals surface area (Å²) in [7, 11) is 1.88. The standard InChI is InChI=1S/C14H16BrNO/c1-16-13-6-2-9-8-10(15)3-4-11(9)12(13)5-7-14(16)17/h3-4,8,12-13H,2,5-7H2,1H3/i5D. The van der Waals surface area contributed by atoms with Crippen LogP contribution in [0.5, 0.6) is 0 Å². The Kier molecular flexibility index (Phi) is 2.46. The Balaban J connectivity index is 2.04. The summed E-state index contributed by atoms with van der Waals surface area (Å²) in [5.41, 5.74) is 2.61. The molecule has 90 valence electrons. The first-order chi connectivity index (χ1) is 8.58. The molecule has 1 aromatic carbocycles. The molecule has 0 bridgehead atoms. The summed E-state index contributed by atoms with van der Waals surface area (Å²) in [4.78, 5) is 13.7. The number of halogens is 1. The molecule has 0 aromatic heterocycles. The molecule has 3 heteroatoms. The molecule has 0 radical (unpaired) electrons. The largest absolute Gasteiger partial charge is 0.342 e. The highest BCUT2D eigenvalue weighted by molar-refractivity contribution is 9.10. The Bertz CT molecular complexity index is 505. The Hall–Kier alpha value is -0.830. The second-order valence-electron chi connectivity index (χ2n) is 4.92.